The van der Waals surface area contributed by atoms with Gasteiger partial charge in [0.25, 0.3) is 0 Å². The van der Waals surface area contributed by atoms with Gasteiger partial charge in [-0.1, -0.05) is 18.2 Å². The Morgan fingerprint density at radius 3 is 2.94 bits per heavy atom. The molecule has 0 unspecified atom stereocenters. The zero-order chi connectivity index (χ0) is 13.0. The van der Waals surface area contributed by atoms with E-state index in [1.54, 1.807) is 18.2 Å². The summed E-state index contributed by atoms with van der Waals surface area (Å²) in [5, 5.41) is 15.0. The molecule has 0 bridgehead atoms. The minimum absolute atomic E-state index is 0.136. The molecule has 0 radical (unpaired) electrons. The van der Waals surface area contributed by atoms with Crippen molar-refractivity contribution >= 4 is 5.91 Å². The summed E-state index contributed by atoms with van der Waals surface area (Å²) in [6, 6.07) is 6.20. The Hall–Kier alpha value is -1.46. The maximum Gasteiger partial charge on any atom is 0.237 e. The number of halogens is 1. The number of nitrogens with one attached hydrogen (secondary N) is 2. The average molecular weight is 252 g/mol. The van der Waals surface area contributed by atoms with Crippen molar-refractivity contribution in [3.8, 4) is 0 Å². The third kappa shape index (κ3) is 3.27. The highest BCUT2D eigenvalue weighted by Crippen LogP contribution is 2.08. The maximum atomic E-state index is 13.3. The third-order valence-electron chi connectivity index (χ3n) is 3.08. The van der Waals surface area contributed by atoms with E-state index in [4.69, 9.17) is 0 Å². The summed E-state index contributed by atoms with van der Waals surface area (Å²) in [5.41, 5.74) is 0.595. The Bertz CT molecular complexity index is 425. The number of carbonyl (C=O) groups is 1. The van der Waals surface area contributed by atoms with Crippen molar-refractivity contribution in [3.63, 3.8) is 0 Å². The van der Waals surface area contributed by atoms with Gasteiger partial charge in [-0.25, -0.2) is 4.39 Å². The van der Waals surface area contributed by atoms with Gasteiger partial charge < -0.3 is 15.7 Å². The normalized spacial score (nSPS) is 23.0. The van der Waals surface area contributed by atoms with E-state index in [2.05, 4.69) is 10.6 Å². The summed E-state index contributed by atoms with van der Waals surface area (Å²) < 4.78 is 13.3. The van der Waals surface area contributed by atoms with Crippen LogP contribution in [0.1, 0.15) is 12.0 Å². The van der Waals surface area contributed by atoms with Crippen LogP contribution in [0.15, 0.2) is 24.3 Å². The zero-order valence-electron chi connectivity index (χ0n) is 10.0. The number of aliphatic hydroxyl groups excluding tert-OH is 1. The lowest BCUT2D eigenvalue weighted by Gasteiger charge is -2.11. The lowest BCUT2D eigenvalue weighted by Crippen LogP contribution is -2.41. The van der Waals surface area contributed by atoms with E-state index in [9.17, 15) is 14.3 Å². The largest absolute Gasteiger partial charge is 0.392 e. The number of hydrogen-bond donors (Lipinski definition) is 3. The second-order valence-electron chi connectivity index (χ2n) is 4.48. The van der Waals surface area contributed by atoms with Crippen LogP contribution in [-0.2, 0) is 11.2 Å². The quantitative estimate of drug-likeness (QED) is 0.718. The van der Waals surface area contributed by atoms with E-state index in [-0.39, 0.29) is 17.8 Å². The molecule has 0 aromatic heterocycles. The number of amides is 1. The van der Waals surface area contributed by atoms with Gasteiger partial charge in [0, 0.05) is 13.1 Å². The van der Waals surface area contributed by atoms with Crippen molar-refractivity contribution in [1.29, 1.82) is 0 Å². The summed E-state index contributed by atoms with van der Waals surface area (Å²) in [7, 11) is 0. The molecule has 5 heteroatoms. The topological polar surface area (TPSA) is 61.4 Å². The molecule has 1 saturated heterocycles. The average Bonchev–Trinajstić information content (AvgIpc) is 2.78. The number of rotatable bonds is 4. The first-order valence-electron chi connectivity index (χ1n) is 6.09. The van der Waals surface area contributed by atoms with Crippen LogP contribution in [0.5, 0.6) is 0 Å². The van der Waals surface area contributed by atoms with Crippen LogP contribution >= 0.6 is 0 Å². The van der Waals surface area contributed by atoms with Gasteiger partial charge in [0.1, 0.15) is 5.82 Å². The summed E-state index contributed by atoms with van der Waals surface area (Å²) in [5.74, 6) is -0.385. The predicted octanol–water partition coefficient (Wildman–Crippen LogP) is 0.207. The van der Waals surface area contributed by atoms with E-state index in [1.807, 2.05) is 0 Å². The predicted molar refractivity (Wildman–Crippen MR) is 65.5 cm³/mol. The molecule has 0 aliphatic carbocycles. The Labute approximate surface area is 105 Å². The smallest absolute Gasteiger partial charge is 0.237 e. The van der Waals surface area contributed by atoms with Crippen LogP contribution in [0.4, 0.5) is 4.39 Å². The van der Waals surface area contributed by atoms with Crippen molar-refractivity contribution in [1.82, 2.24) is 10.6 Å². The maximum absolute atomic E-state index is 13.3. The van der Waals surface area contributed by atoms with Gasteiger partial charge in [-0.05, 0) is 24.5 Å². The van der Waals surface area contributed by atoms with Crippen molar-refractivity contribution in [2.24, 2.45) is 0 Å². The molecule has 1 fully saturated rings. The molecular formula is C13H17FN2O2. The van der Waals surface area contributed by atoms with Gasteiger partial charge in [0.05, 0.1) is 12.1 Å². The fraction of sp³-hybridized carbons (Fsp3) is 0.462. The Balaban J connectivity index is 1.75. The van der Waals surface area contributed by atoms with Gasteiger partial charge in [-0.15, -0.1) is 0 Å². The highest BCUT2D eigenvalue weighted by Gasteiger charge is 2.27. The van der Waals surface area contributed by atoms with Crippen molar-refractivity contribution in [2.75, 3.05) is 13.1 Å². The van der Waals surface area contributed by atoms with Gasteiger partial charge in [-0.3, -0.25) is 4.79 Å². The first kappa shape index (κ1) is 13.0. The van der Waals surface area contributed by atoms with Gasteiger partial charge in [0.15, 0.2) is 0 Å². The standard InChI is InChI=1S/C13H17FN2O2/c14-11-4-2-1-3-9(11)5-6-15-13(18)12-7-10(17)8-16-12/h1-4,10,12,16-17H,5-8H2,(H,15,18)/t10-,12-/m1/s1. The van der Waals surface area contributed by atoms with Crippen molar-refractivity contribution in [2.45, 2.75) is 25.0 Å². The lowest BCUT2D eigenvalue weighted by molar-refractivity contribution is -0.122. The van der Waals surface area contributed by atoms with Crippen LogP contribution in [0.3, 0.4) is 0 Å². The Kier molecular flexibility index (Phi) is 4.28. The first-order chi connectivity index (χ1) is 8.66. The van der Waals surface area contributed by atoms with Crippen LogP contribution in [0, 0.1) is 5.82 Å². The second-order valence-corrected chi connectivity index (χ2v) is 4.48. The molecule has 1 heterocycles. The fourth-order valence-electron chi connectivity index (χ4n) is 2.06. The minimum Gasteiger partial charge on any atom is -0.392 e. The molecule has 4 nitrogen and oxygen atoms in total. The monoisotopic (exact) mass is 252 g/mol. The van der Waals surface area contributed by atoms with E-state index >= 15 is 0 Å². The van der Waals surface area contributed by atoms with Crippen LogP contribution in [0.2, 0.25) is 0 Å². The molecule has 2 atom stereocenters. The Morgan fingerprint density at radius 2 is 2.28 bits per heavy atom. The van der Waals surface area contributed by atoms with Crippen LogP contribution in [0.25, 0.3) is 0 Å². The molecule has 2 rings (SSSR count). The number of aliphatic hydroxyl groups is 1. The van der Waals surface area contributed by atoms with E-state index in [1.165, 1.54) is 6.07 Å². The molecular weight excluding hydrogens is 235 g/mol. The summed E-state index contributed by atoms with van der Waals surface area (Å²) >= 11 is 0. The lowest BCUT2D eigenvalue weighted by atomic mass is 10.1. The van der Waals surface area contributed by atoms with Crippen molar-refractivity contribution < 1.29 is 14.3 Å². The van der Waals surface area contributed by atoms with E-state index in [0.29, 0.717) is 31.5 Å². The van der Waals surface area contributed by atoms with Crippen molar-refractivity contribution in [3.05, 3.63) is 35.6 Å². The fourth-order valence-corrected chi connectivity index (χ4v) is 2.06. The minimum atomic E-state index is -0.452. The van der Waals surface area contributed by atoms with Gasteiger partial charge in [0.2, 0.25) is 5.91 Å². The highest BCUT2D eigenvalue weighted by molar-refractivity contribution is 5.82. The molecule has 1 aromatic carbocycles. The summed E-state index contributed by atoms with van der Waals surface area (Å²) in [6.07, 6.45) is 0.450. The SMILES string of the molecule is O=C(NCCc1ccccc1F)[C@H]1C[C@@H](O)CN1. The number of benzene rings is 1. The molecule has 98 valence electrons. The Morgan fingerprint density at radius 1 is 1.50 bits per heavy atom. The molecule has 18 heavy (non-hydrogen) atoms. The molecule has 3 N–H and O–H groups in total. The highest BCUT2D eigenvalue weighted by atomic mass is 19.1. The summed E-state index contributed by atoms with van der Waals surface area (Å²) in [6.45, 7) is 0.847. The molecule has 1 aliphatic heterocycles. The number of β-amino-alcohol motifs (C(OH)–C–C–N with tert-alkyl or cyclic N) is 1. The van der Waals surface area contributed by atoms with Gasteiger partial charge >= 0.3 is 0 Å². The second kappa shape index (κ2) is 5.93. The molecule has 0 saturated carbocycles. The molecule has 0 spiro atoms. The van der Waals surface area contributed by atoms with Crippen LogP contribution in [-0.4, -0.2) is 36.2 Å². The van der Waals surface area contributed by atoms with Crippen LogP contribution < -0.4 is 10.6 Å². The third-order valence-corrected chi connectivity index (χ3v) is 3.08. The van der Waals surface area contributed by atoms with Gasteiger partial charge in [-0.2, -0.15) is 0 Å². The molecule has 1 aromatic rings. The zero-order valence-corrected chi connectivity index (χ0v) is 10.0. The first-order valence-corrected chi connectivity index (χ1v) is 6.09. The van der Waals surface area contributed by atoms with E-state index < -0.39 is 6.10 Å². The summed E-state index contributed by atoms with van der Waals surface area (Å²) in [4.78, 5) is 11.7. The number of hydrogen-bond acceptors (Lipinski definition) is 3. The molecule has 1 aliphatic rings. The molecule has 1 amide bonds. The number of carbonyl (C=O) groups excluding carboxylic acids is 1. The van der Waals surface area contributed by atoms with E-state index in [0.717, 1.165) is 0 Å².